The third-order valence-corrected chi connectivity index (χ3v) is 2.28. The highest BCUT2D eigenvalue weighted by Crippen LogP contribution is 2.20. The molecule has 0 aliphatic rings. The van der Waals surface area contributed by atoms with Crippen molar-refractivity contribution < 1.29 is 0 Å². The lowest BCUT2D eigenvalue weighted by Crippen LogP contribution is -2.01. The molecular formula is C12H8N4. The van der Waals surface area contributed by atoms with E-state index < -0.39 is 0 Å². The Bertz CT molecular complexity index is 611. The Labute approximate surface area is 92.8 Å². The first kappa shape index (κ1) is 9.82. The molecule has 0 radical (unpaired) electrons. The van der Waals surface area contributed by atoms with Crippen LogP contribution in [0.15, 0.2) is 36.5 Å². The van der Waals surface area contributed by atoms with Gasteiger partial charge < -0.3 is 10.3 Å². The Morgan fingerprint density at radius 1 is 1.12 bits per heavy atom. The molecule has 1 heterocycles. The van der Waals surface area contributed by atoms with Gasteiger partial charge in [0.15, 0.2) is 0 Å². The molecule has 0 aliphatic heterocycles. The normalized spacial score (nSPS) is 9.38. The summed E-state index contributed by atoms with van der Waals surface area (Å²) in [5, 5.41) is 17.7. The highest BCUT2D eigenvalue weighted by molar-refractivity contribution is 5.62. The average Bonchev–Trinajstić information content (AvgIpc) is 2.77. The van der Waals surface area contributed by atoms with Crippen LogP contribution in [0.25, 0.3) is 5.69 Å². The van der Waals surface area contributed by atoms with Crippen LogP contribution in [0.2, 0.25) is 0 Å². The molecule has 0 bridgehead atoms. The number of nitrogen functional groups attached to an aromatic ring is 1. The fraction of sp³-hybridized carbons (Fsp3) is 0. The summed E-state index contributed by atoms with van der Waals surface area (Å²) >= 11 is 0. The van der Waals surface area contributed by atoms with Gasteiger partial charge in [-0.15, -0.1) is 0 Å². The van der Waals surface area contributed by atoms with Gasteiger partial charge in [0.25, 0.3) is 0 Å². The number of rotatable bonds is 1. The van der Waals surface area contributed by atoms with Gasteiger partial charge in [-0.2, -0.15) is 10.5 Å². The maximum atomic E-state index is 8.91. The van der Waals surface area contributed by atoms with Crippen LogP contribution in [0.4, 0.5) is 5.69 Å². The van der Waals surface area contributed by atoms with Crippen LogP contribution in [0.5, 0.6) is 0 Å². The van der Waals surface area contributed by atoms with Crippen molar-refractivity contribution in [2.24, 2.45) is 0 Å². The quantitative estimate of drug-likeness (QED) is 0.726. The van der Waals surface area contributed by atoms with E-state index in [1.807, 2.05) is 6.07 Å². The van der Waals surface area contributed by atoms with Crippen molar-refractivity contribution in [3.8, 4) is 17.8 Å². The van der Waals surface area contributed by atoms with Crippen LogP contribution >= 0.6 is 0 Å². The number of nitriles is 2. The zero-order valence-electron chi connectivity index (χ0n) is 8.38. The first-order valence-corrected chi connectivity index (χ1v) is 4.63. The second kappa shape index (κ2) is 3.80. The average molecular weight is 208 g/mol. The molecule has 0 amide bonds. The van der Waals surface area contributed by atoms with Crippen LogP contribution in [-0.4, -0.2) is 4.57 Å². The largest absolute Gasteiger partial charge is 0.397 e. The van der Waals surface area contributed by atoms with Gasteiger partial charge in [0.2, 0.25) is 0 Å². The van der Waals surface area contributed by atoms with Crippen molar-refractivity contribution in [2.75, 3.05) is 5.73 Å². The van der Waals surface area contributed by atoms with Gasteiger partial charge in [-0.25, -0.2) is 0 Å². The van der Waals surface area contributed by atoms with E-state index in [4.69, 9.17) is 16.3 Å². The van der Waals surface area contributed by atoms with E-state index >= 15 is 0 Å². The van der Waals surface area contributed by atoms with E-state index in [9.17, 15) is 0 Å². The maximum Gasteiger partial charge on any atom is 0.124 e. The Hall–Kier alpha value is -2.72. The number of aromatic nitrogens is 1. The van der Waals surface area contributed by atoms with Crippen molar-refractivity contribution in [1.29, 1.82) is 10.5 Å². The van der Waals surface area contributed by atoms with Crippen LogP contribution in [-0.2, 0) is 0 Å². The van der Waals surface area contributed by atoms with Gasteiger partial charge in [0.1, 0.15) is 11.8 Å². The van der Waals surface area contributed by atoms with Crippen LogP contribution in [0, 0.1) is 22.7 Å². The molecule has 4 heteroatoms. The first-order valence-electron chi connectivity index (χ1n) is 4.63. The molecule has 0 aliphatic carbocycles. The molecule has 1 aromatic heterocycles. The zero-order chi connectivity index (χ0) is 11.5. The maximum absolute atomic E-state index is 8.91. The highest BCUT2D eigenvalue weighted by Gasteiger charge is 2.06. The molecule has 4 nitrogen and oxygen atoms in total. The lowest BCUT2D eigenvalue weighted by molar-refractivity contribution is 1.05. The lowest BCUT2D eigenvalue weighted by Gasteiger charge is -2.08. The number of anilines is 1. The molecule has 0 saturated heterocycles. The van der Waals surface area contributed by atoms with Gasteiger partial charge in [-0.1, -0.05) is 0 Å². The van der Waals surface area contributed by atoms with E-state index in [0.29, 0.717) is 22.6 Å². The van der Waals surface area contributed by atoms with E-state index in [0.717, 1.165) is 0 Å². The summed E-state index contributed by atoms with van der Waals surface area (Å²) < 4.78 is 1.66. The summed E-state index contributed by atoms with van der Waals surface area (Å²) in [7, 11) is 0. The van der Waals surface area contributed by atoms with Crippen LogP contribution in [0.1, 0.15) is 11.3 Å². The first-order chi connectivity index (χ1) is 7.76. The fourth-order valence-electron chi connectivity index (χ4n) is 1.50. The zero-order valence-corrected chi connectivity index (χ0v) is 8.38. The van der Waals surface area contributed by atoms with E-state index in [1.54, 1.807) is 41.1 Å². The molecule has 76 valence electrons. The third kappa shape index (κ3) is 1.49. The molecular weight excluding hydrogens is 200 g/mol. The van der Waals surface area contributed by atoms with Crippen molar-refractivity contribution in [3.05, 3.63) is 47.8 Å². The molecule has 2 aromatic rings. The summed E-state index contributed by atoms with van der Waals surface area (Å²) in [4.78, 5) is 0. The number of nitrogens with two attached hydrogens (primary N) is 1. The van der Waals surface area contributed by atoms with Crippen molar-refractivity contribution in [1.82, 2.24) is 4.57 Å². The summed E-state index contributed by atoms with van der Waals surface area (Å²) in [6, 6.07) is 12.5. The molecule has 0 atom stereocenters. The Morgan fingerprint density at radius 3 is 2.62 bits per heavy atom. The summed E-state index contributed by atoms with van der Waals surface area (Å²) in [5.74, 6) is 0. The van der Waals surface area contributed by atoms with E-state index in [1.165, 1.54) is 0 Å². The topological polar surface area (TPSA) is 78.5 Å². The minimum atomic E-state index is 0.488. The monoisotopic (exact) mass is 208 g/mol. The van der Waals surface area contributed by atoms with Gasteiger partial charge in [-0.3, -0.25) is 0 Å². The van der Waals surface area contributed by atoms with Gasteiger partial charge >= 0.3 is 0 Å². The number of nitrogens with zero attached hydrogens (tertiary/aromatic N) is 3. The standard InChI is InChI=1S/C12H8N4/c13-7-9-3-4-11(15)12(6-9)16-5-1-2-10(16)8-14/h1-6H,15H2. The molecule has 2 rings (SSSR count). The molecule has 2 N–H and O–H groups in total. The number of benzene rings is 1. The van der Waals surface area contributed by atoms with Crippen LogP contribution < -0.4 is 5.73 Å². The molecule has 1 aromatic carbocycles. The highest BCUT2D eigenvalue weighted by atomic mass is 15.0. The molecule has 0 spiro atoms. The third-order valence-electron chi connectivity index (χ3n) is 2.28. The molecule has 0 fully saturated rings. The van der Waals surface area contributed by atoms with Gasteiger partial charge in [0, 0.05) is 6.20 Å². The Balaban J connectivity index is 2.65. The van der Waals surface area contributed by atoms with Crippen molar-refractivity contribution in [3.63, 3.8) is 0 Å². The minimum absolute atomic E-state index is 0.488. The van der Waals surface area contributed by atoms with Crippen molar-refractivity contribution >= 4 is 5.69 Å². The van der Waals surface area contributed by atoms with E-state index in [-0.39, 0.29) is 0 Å². The predicted molar refractivity (Wildman–Crippen MR) is 59.6 cm³/mol. The molecule has 0 saturated carbocycles. The van der Waals surface area contributed by atoms with Gasteiger partial charge in [0.05, 0.1) is 23.0 Å². The summed E-state index contributed by atoms with van der Waals surface area (Å²) in [6.07, 6.45) is 1.74. The van der Waals surface area contributed by atoms with Gasteiger partial charge in [-0.05, 0) is 30.3 Å². The minimum Gasteiger partial charge on any atom is -0.397 e. The van der Waals surface area contributed by atoms with Crippen LogP contribution in [0.3, 0.4) is 0 Å². The summed E-state index contributed by atoms with van der Waals surface area (Å²) in [5.41, 5.74) is 8.01. The van der Waals surface area contributed by atoms with E-state index in [2.05, 4.69) is 6.07 Å². The predicted octanol–water partition coefficient (Wildman–Crippen LogP) is 1.80. The Kier molecular flexibility index (Phi) is 2.33. The Morgan fingerprint density at radius 2 is 1.94 bits per heavy atom. The fourth-order valence-corrected chi connectivity index (χ4v) is 1.50. The molecule has 0 unspecified atom stereocenters. The molecule has 16 heavy (non-hydrogen) atoms. The summed E-state index contributed by atoms with van der Waals surface area (Å²) in [6.45, 7) is 0. The number of hydrogen-bond acceptors (Lipinski definition) is 3. The smallest absolute Gasteiger partial charge is 0.124 e. The van der Waals surface area contributed by atoms with Crippen molar-refractivity contribution in [2.45, 2.75) is 0 Å². The second-order valence-electron chi connectivity index (χ2n) is 3.26. The lowest BCUT2D eigenvalue weighted by atomic mass is 10.2. The second-order valence-corrected chi connectivity index (χ2v) is 3.26. The SMILES string of the molecule is N#Cc1ccc(N)c(-n2cccc2C#N)c1. The number of hydrogen-bond donors (Lipinski definition) is 1.